The smallest absolute Gasteiger partial charge is 0.137 e. The molecule has 1 aromatic heterocycles. The lowest BCUT2D eigenvalue weighted by Crippen LogP contribution is -2.47. The van der Waals surface area contributed by atoms with Gasteiger partial charge in [0.1, 0.15) is 11.6 Å². The molecule has 1 aromatic rings. The molecule has 0 bridgehead atoms. The van der Waals surface area contributed by atoms with Crippen molar-refractivity contribution in [2.24, 2.45) is 11.7 Å². The van der Waals surface area contributed by atoms with E-state index in [4.69, 9.17) is 10.5 Å². The third-order valence-corrected chi connectivity index (χ3v) is 3.92. The average Bonchev–Trinajstić information content (AvgIpc) is 2.46. The number of nitrogens with zero attached hydrogens (tertiary/aromatic N) is 2. The zero-order valence-electron chi connectivity index (χ0n) is 11.3. The molecule has 2 atom stereocenters. The van der Waals surface area contributed by atoms with Crippen LogP contribution in [0.2, 0.25) is 0 Å². The van der Waals surface area contributed by atoms with Crippen LogP contribution in [0.5, 0.6) is 5.75 Å². The Morgan fingerprint density at radius 1 is 1.50 bits per heavy atom. The number of hydrogen-bond donors (Lipinski definition) is 1. The van der Waals surface area contributed by atoms with Gasteiger partial charge in [0.2, 0.25) is 0 Å². The maximum Gasteiger partial charge on any atom is 0.137 e. The van der Waals surface area contributed by atoms with Crippen LogP contribution in [0.15, 0.2) is 18.3 Å². The highest BCUT2D eigenvalue weighted by atomic mass is 16.5. The highest BCUT2D eigenvalue weighted by Gasteiger charge is 2.27. The van der Waals surface area contributed by atoms with Gasteiger partial charge in [-0.25, -0.2) is 4.98 Å². The van der Waals surface area contributed by atoms with Gasteiger partial charge in [-0.2, -0.15) is 0 Å². The third-order valence-electron chi connectivity index (χ3n) is 3.92. The number of ether oxygens (including phenoxy) is 1. The predicted molar refractivity (Wildman–Crippen MR) is 74.0 cm³/mol. The fraction of sp³-hybridized carbons (Fsp3) is 0.643. The molecule has 2 heterocycles. The second-order valence-electron chi connectivity index (χ2n) is 4.94. The highest BCUT2D eigenvalue weighted by Crippen LogP contribution is 2.28. The number of rotatable bonds is 4. The van der Waals surface area contributed by atoms with Crippen LogP contribution in [-0.4, -0.2) is 31.2 Å². The van der Waals surface area contributed by atoms with E-state index in [1.54, 1.807) is 13.3 Å². The van der Waals surface area contributed by atoms with Gasteiger partial charge in [0, 0.05) is 19.1 Å². The molecule has 2 N–H and O–H groups in total. The summed E-state index contributed by atoms with van der Waals surface area (Å²) in [5, 5.41) is 0. The van der Waals surface area contributed by atoms with Crippen LogP contribution < -0.4 is 15.4 Å². The summed E-state index contributed by atoms with van der Waals surface area (Å²) in [5.41, 5.74) is 5.91. The quantitative estimate of drug-likeness (QED) is 0.887. The lowest BCUT2D eigenvalue weighted by molar-refractivity contribution is 0.334. The molecule has 0 spiro atoms. The minimum Gasteiger partial charge on any atom is -0.495 e. The van der Waals surface area contributed by atoms with Gasteiger partial charge in [-0.3, -0.25) is 0 Å². The van der Waals surface area contributed by atoms with Crippen molar-refractivity contribution in [1.29, 1.82) is 0 Å². The van der Waals surface area contributed by atoms with Crippen molar-refractivity contribution in [2.75, 3.05) is 25.1 Å². The SMILES string of the molecule is CCC1CCN(c2ccc(OC)cn2)C(CN)C1. The van der Waals surface area contributed by atoms with Gasteiger partial charge in [-0.1, -0.05) is 13.3 Å². The van der Waals surface area contributed by atoms with E-state index < -0.39 is 0 Å². The van der Waals surface area contributed by atoms with Crippen LogP contribution in [0.25, 0.3) is 0 Å². The summed E-state index contributed by atoms with van der Waals surface area (Å²) in [7, 11) is 1.66. The van der Waals surface area contributed by atoms with Gasteiger partial charge >= 0.3 is 0 Å². The third kappa shape index (κ3) is 2.75. The monoisotopic (exact) mass is 249 g/mol. The summed E-state index contributed by atoms with van der Waals surface area (Å²) in [6, 6.07) is 4.40. The number of hydrogen-bond acceptors (Lipinski definition) is 4. The molecule has 1 fully saturated rings. The lowest BCUT2D eigenvalue weighted by Gasteiger charge is -2.39. The molecule has 0 radical (unpaired) electrons. The zero-order chi connectivity index (χ0) is 13.0. The van der Waals surface area contributed by atoms with Crippen LogP contribution in [-0.2, 0) is 0 Å². The van der Waals surface area contributed by atoms with Gasteiger partial charge in [0.15, 0.2) is 0 Å². The van der Waals surface area contributed by atoms with Crippen molar-refractivity contribution >= 4 is 5.82 Å². The Morgan fingerprint density at radius 3 is 2.89 bits per heavy atom. The molecule has 100 valence electrons. The van der Waals surface area contributed by atoms with Crippen LogP contribution in [0.3, 0.4) is 0 Å². The number of aromatic nitrogens is 1. The number of anilines is 1. The molecular formula is C14H23N3O. The van der Waals surface area contributed by atoms with Crippen molar-refractivity contribution in [1.82, 2.24) is 4.98 Å². The Balaban J connectivity index is 2.10. The minimum absolute atomic E-state index is 0.421. The topological polar surface area (TPSA) is 51.4 Å². The fourth-order valence-corrected chi connectivity index (χ4v) is 2.69. The van der Waals surface area contributed by atoms with E-state index in [0.717, 1.165) is 24.0 Å². The number of methoxy groups -OCH3 is 1. The molecule has 2 rings (SSSR count). The summed E-state index contributed by atoms with van der Waals surface area (Å²) >= 11 is 0. The first kappa shape index (κ1) is 13.1. The maximum atomic E-state index is 5.91. The number of piperidine rings is 1. The summed E-state index contributed by atoms with van der Waals surface area (Å²) in [6.45, 7) is 4.02. The normalized spacial score (nSPS) is 24.1. The van der Waals surface area contributed by atoms with Crippen molar-refractivity contribution in [3.63, 3.8) is 0 Å². The molecule has 1 aliphatic rings. The van der Waals surface area contributed by atoms with Gasteiger partial charge < -0.3 is 15.4 Å². The van der Waals surface area contributed by atoms with Crippen molar-refractivity contribution < 1.29 is 4.74 Å². The Morgan fingerprint density at radius 2 is 2.33 bits per heavy atom. The molecule has 1 aliphatic heterocycles. The molecule has 2 unspecified atom stereocenters. The summed E-state index contributed by atoms with van der Waals surface area (Å²) in [4.78, 5) is 6.81. The summed E-state index contributed by atoms with van der Waals surface area (Å²) < 4.78 is 5.14. The predicted octanol–water partition coefficient (Wildman–Crippen LogP) is 2.04. The second kappa shape index (κ2) is 6.05. The molecule has 0 saturated carbocycles. The first-order valence-electron chi connectivity index (χ1n) is 6.75. The molecule has 4 nitrogen and oxygen atoms in total. The maximum absolute atomic E-state index is 5.91. The Bertz CT molecular complexity index is 366. The lowest BCUT2D eigenvalue weighted by atomic mass is 9.89. The van der Waals surface area contributed by atoms with E-state index in [9.17, 15) is 0 Å². The standard InChI is InChI=1S/C14H23N3O/c1-3-11-6-7-17(12(8-11)9-15)14-5-4-13(18-2)10-16-14/h4-5,10-12H,3,6-9,15H2,1-2H3. The zero-order valence-corrected chi connectivity index (χ0v) is 11.3. The van der Waals surface area contributed by atoms with E-state index in [2.05, 4.69) is 16.8 Å². The van der Waals surface area contributed by atoms with E-state index in [0.29, 0.717) is 12.6 Å². The molecule has 0 aliphatic carbocycles. The van der Waals surface area contributed by atoms with Crippen molar-refractivity contribution in [2.45, 2.75) is 32.2 Å². The average molecular weight is 249 g/mol. The molecular weight excluding hydrogens is 226 g/mol. The van der Waals surface area contributed by atoms with E-state index >= 15 is 0 Å². The van der Waals surface area contributed by atoms with E-state index in [1.807, 2.05) is 12.1 Å². The van der Waals surface area contributed by atoms with Crippen LogP contribution in [0.1, 0.15) is 26.2 Å². The van der Waals surface area contributed by atoms with Crippen LogP contribution in [0.4, 0.5) is 5.82 Å². The van der Waals surface area contributed by atoms with Crippen LogP contribution >= 0.6 is 0 Å². The van der Waals surface area contributed by atoms with Gasteiger partial charge in [0.05, 0.1) is 13.3 Å². The largest absolute Gasteiger partial charge is 0.495 e. The van der Waals surface area contributed by atoms with Gasteiger partial charge in [-0.05, 0) is 30.9 Å². The van der Waals surface area contributed by atoms with Gasteiger partial charge in [0.25, 0.3) is 0 Å². The number of pyridine rings is 1. The molecule has 0 amide bonds. The summed E-state index contributed by atoms with van der Waals surface area (Å²) in [6.07, 6.45) is 5.44. The first-order valence-corrected chi connectivity index (χ1v) is 6.75. The van der Waals surface area contributed by atoms with Gasteiger partial charge in [-0.15, -0.1) is 0 Å². The highest BCUT2D eigenvalue weighted by molar-refractivity contribution is 5.42. The Hall–Kier alpha value is -1.29. The fourth-order valence-electron chi connectivity index (χ4n) is 2.69. The van der Waals surface area contributed by atoms with Crippen molar-refractivity contribution in [3.8, 4) is 5.75 Å². The van der Waals surface area contributed by atoms with Crippen molar-refractivity contribution in [3.05, 3.63) is 18.3 Å². The summed E-state index contributed by atoms with van der Waals surface area (Å²) in [5.74, 6) is 2.63. The Labute approximate surface area is 109 Å². The van der Waals surface area contributed by atoms with Crippen LogP contribution in [0, 0.1) is 5.92 Å². The first-order chi connectivity index (χ1) is 8.78. The number of nitrogens with two attached hydrogens (primary N) is 1. The second-order valence-corrected chi connectivity index (χ2v) is 4.94. The molecule has 4 heteroatoms. The van der Waals surface area contributed by atoms with E-state index in [1.165, 1.54) is 19.3 Å². The van der Waals surface area contributed by atoms with E-state index in [-0.39, 0.29) is 0 Å². The molecule has 1 saturated heterocycles. The Kier molecular flexibility index (Phi) is 4.42. The molecule has 0 aromatic carbocycles. The minimum atomic E-state index is 0.421. The molecule has 18 heavy (non-hydrogen) atoms.